The molecule has 0 spiro atoms. The topological polar surface area (TPSA) is 24.9 Å². The summed E-state index contributed by atoms with van der Waals surface area (Å²) in [6, 6.07) is 2.26. The van der Waals surface area contributed by atoms with Gasteiger partial charge in [0.1, 0.15) is 5.82 Å². The van der Waals surface area contributed by atoms with Gasteiger partial charge in [-0.1, -0.05) is 6.92 Å². The monoisotopic (exact) mass is 266 g/mol. The van der Waals surface area contributed by atoms with E-state index in [1.807, 2.05) is 6.92 Å². The number of aromatic nitrogens is 1. The molecule has 1 unspecified atom stereocenters. The van der Waals surface area contributed by atoms with Gasteiger partial charge in [-0.3, -0.25) is 0 Å². The summed E-state index contributed by atoms with van der Waals surface area (Å²) in [4.78, 5) is 3.74. The molecule has 17 heavy (non-hydrogen) atoms. The first-order valence-corrected chi connectivity index (χ1v) is 5.72. The number of anilines is 1. The van der Waals surface area contributed by atoms with Crippen LogP contribution in [0, 0.1) is 0 Å². The highest BCUT2D eigenvalue weighted by Gasteiger charge is 2.35. The Hall–Kier alpha value is -0.970. The van der Waals surface area contributed by atoms with Crippen molar-refractivity contribution >= 4 is 17.4 Å². The molecule has 0 aliphatic rings. The van der Waals surface area contributed by atoms with Crippen molar-refractivity contribution in [2.24, 2.45) is 0 Å². The third-order valence-electron chi connectivity index (χ3n) is 2.61. The smallest absolute Gasteiger partial charge is 0.363 e. The number of hydrogen-bond donors (Lipinski definition) is 1. The van der Waals surface area contributed by atoms with Crippen molar-refractivity contribution in [3.63, 3.8) is 0 Å². The summed E-state index contributed by atoms with van der Waals surface area (Å²) in [5.74, 6) is 0.0298. The molecule has 0 saturated heterocycles. The summed E-state index contributed by atoms with van der Waals surface area (Å²) in [6.07, 6.45) is -2.50. The number of nitrogens with zero attached hydrogens (tertiary/aromatic N) is 1. The fourth-order valence-corrected chi connectivity index (χ4v) is 1.49. The number of nitrogens with one attached hydrogen (secondary N) is 1. The molecule has 0 aliphatic heterocycles. The molecule has 96 valence electrons. The molecule has 0 fully saturated rings. The molecule has 1 aromatic rings. The summed E-state index contributed by atoms with van der Waals surface area (Å²) in [6.45, 7) is 3.61. The number of rotatable bonds is 4. The molecule has 2 nitrogen and oxygen atoms in total. The van der Waals surface area contributed by atoms with Gasteiger partial charge in [-0.25, -0.2) is 4.98 Å². The molecule has 0 bridgehead atoms. The van der Waals surface area contributed by atoms with Gasteiger partial charge >= 0.3 is 6.18 Å². The lowest BCUT2D eigenvalue weighted by Gasteiger charge is -2.29. The average molecular weight is 267 g/mol. The number of alkyl halides is 4. The maximum absolute atomic E-state index is 12.7. The van der Waals surface area contributed by atoms with E-state index < -0.39 is 17.3 Å². The second-order valence-corrected chi connectivity index (χ2v) is 4.34. The van der Waals surface area contributed by atoms with Gasteiger partial charge in [-0.05, 0) is 25.5 Å². The average Bonchev–Trinajstić information content (AvgIpc) is 2.28. The van der Waals surface area contributed by atoms with Crippen molar-refractivity contribution in [3.05, 3.63) is 23.9 Å². The van der Waals surface area contributed by atoms with E-state index in [2.05, 4.69) is 10.3 Å². The van der Waals surface area contributed by atoms with E-state index in [0.717, 1.165) is 6.07 Å². The van der Waals surface area contributed by atoms with E-state index in [4.69, 9.17) is 11.6 Å². The molecule has 1 aromatic heterocycles. The third kappa shape index (κ3) is 3.49. The van der Waals surface area contributed by atoms with Crippen LogP contribution in [0.25, 0.3) is 0 Å². The maximum atomic E-state index is 12.7. The zero-order valence-corrected chi connectivity index (χ0v) is 10.4. The first-order valence-electron chi connectivity index (χ1n) is 5.19. The summed E-state index contributed by atoms with van der Waals surface area (Å²) in [7, 11) is 0. The van der Waals surface area contributed by atoms with Crippen molar-refractivity contribution in [2.75, 3.05) is 11.2 Å². The fourth-order valence-electron chi connectivity index (χ4n) is 1.24. The molecule has 6 heteroatoms. The minimum absolute atomic E-state index is 0.176. The van der Waals surface area contributed by atoms with Crippen LogP contribution in [0.15, 0.2) is 18.3 Å². The Labute approximate surface area is 103 Å². The Kier molecular flexibility index (Phi) is 4.25. The highest BCUT2D eigenvalue weighted by Crippen LogP contribution is 2.34. The lowest BCUT2D eigenvalue weighted by molar-refractivity contribution is -0.137. The van der Waals surface area contributed by atoms with Gasteiger partial charge in [0.2, 0.25) is 0 Å². The molecule has 1 N–H and O–H groups in total. The second kappa shape index (κ2) is 5.12. The largest absolute Gasteiger partial charge is 0.419 e. The van der Waals surface area contributed by atoms with Crippen LogP contribution in [0.4, 0.5) is 19.0 Å². The van der Waals surface area contributed by atoms with Gasteiger partial charge in [0.25, 0.3) is 0 Å². The standard InChI is InChI=1S/C11H14ClF3N2/c1-3-10(2,7-12)17-9-8(11(13,14)15)5-4-6-16-9/h4-6H,3,7H2,1-2H3,(H,16,17). The normalized spacial score (nSPS) is 15.4. The van der Waals surface area contributed by atoms with Gasteiger partial charge in [-0.2, -0.15) is 13.2 Å². The molecule has 1 heterocycles. The van der Waals surface area contributed by atoms with Crippen LogP contribution in [0.3, 0.4) is 0 Å². The Bertz CT molecular complexity index is 375. The number of halogens is 4. The highest BCUT2D eigenvalue weighted by atomic mass is 35.5. The number of hydrogen-bond acceptors (Lipinski definition) is 2. The highest BCUT2D eigenvalue weighted by molar-refractivity contribution is 6.18. The van der Waals surface area contributed by atoms with Gasteiger partial charge in [0.15, 0.2) is 0 Å². The van der Waals surface area contributed by atoms with E-state index >= 15 is 0 Å². The van der Waals surface area contributed by atoms with E-state index in [1.165, 1.54) is 12.3 Å². The maximum Gasteiger partial charge on any atom is 0.419 e. The van der Waals surface area contributed by atoms with Crippen molar-refractivity contribution in [1.29, 1.82) is 0 Å². The molecular weight excluding hydrogens is 253 g/mol. The van der Waals surface area contributed by atoms with Crippen LogP contribution in [0.2, 0.25) is 0 Å². The molecule has 0 saturated carbocycles. The Morgan fingerprint density at radius 2 is 2.06 bits per heavy atom. The molecular formula is C11H14ClF3N2. The lowest BCUT2D eigenvalue weighted by Crippen LogP contribution is -2.37. The molecule has 0 aliphatic carbocycles. The fraction of sp³-hybridized carbons (Fsp3) is 0.545. The zero-order chi connectivity index (χ0) is 13.1. The number of pyridine rings is 1. The van der Waals surface area contributed by atoms with Gasteiger partial charge < -0.3 is 5.32 Å². The van der Waals surface area contributed by atoms with Gasteiger partial charge in [0.05, 0.1) is 5.56 Å². The molecule has 1 atom stereocenters. The zero-order valence-electron chi connectivity index (χ0n) is 9.61. The minimum atomic E-state index is -4.42. The predicted octanol–water partition coefficient (Wildman–Crippen LogP) is 3.92. The second-order valence-electron chi connectivity index (χ2n) is 4.07. The molecule has 0 radical (unpaired) electrons. The first-order chi connectivity index (χ1) is 7.82. The molecule has 1 rings (SSSR count). The van der Waals surface area contributed by atoms with E-state index in [1.54, 1.807) is 6.92 Å². The summed E-state index contributed by atoms with van der Waals surface area (Å²) in [5.41, 5.74) is -1.37. The minimum Gasteiger partial charge on any atom is -0.363 e. The van der Waals surface area contributed by atoms with Crippen molar-refractivity contribution in [2.45, 2.75) is 32.0 Å². The van der Waals surface area contributed by atoms with Crippen molar-refractivity contribution in [3.8, 4) is 0 Å². The van der Waals surface area contributed by atoms with Crippen LogP contribution in [-0.4, -0.2) is 16.4 Å². The van der Waals surface area contributed by atoms with Crippen LogP contribution >= 0.6 is 11.6 Å². The van der Waals surface area contributed by atoms with Crippen LogP contribution in [0.1, 0.15) is 25.8 Å². The Balaban J connectivity index is 3.07. The van der Waals surface area contributed by atoms with E-state index in [9.17, 15) is 13.2 Å². The SMILES string of the molecule is CCC(C)(CCl)Nc1ncccc1C(F)(F)F. The lowest BCUT2D eigenvalue weighted by atomic mass is 10.0. The van der Waals surface area contributed by atoms with Gasteiger partial charge in [-0.15, -0.1) is 11.6 Å². The van der Waals surface area contributed by atoms with Crippen molar-refractivity contribution in [1.82, 2.24) is 4.98 Å². The van der Waals surface area contributed by atoms with Crippen LogP contribution < -0.4 is 5.32 Å². The van der Waals surface area contributed by atoms with E-state index in [-0.39, 0.29) is 11.7 Å². The van der Waals surface area contributed by atoms with E-state index in [0.29, 0.717) is 6.42 Å². The Morgan fingerprint density at radius 1 is 1.41 bits per heavy atom. The summed E-state index contributed by atoms with van der Waals surface area (Å²) in [5, 5.41) is 2.77. The first kappa shape index (κ1) is 14.1. The Morgan fingerprint density at radius 3 is 2.53 bits per heavy atom. The van der Waals surface area contributed by atoms with Crippen LogP contribution in [-0.2, 0) is 6.18 Å². The third-order valence-corrected chi connectivity index (χ3v) is 3.20. The quantitative estimate of drug-likeness (QED) is 0.836. The summed E-state index contributed by atoms with van der Waals surface area (Å²) >= 11 is 5.75. The molecule has 0 amide bonds. The predicted molar refractivity (Wildman–Crippen MR) is 62.3 cm³/mol. The van der Waals surface area contributed by atoms with Crippen molar-refractivity contribution < 1.29 is 13.2 Å². The van der Waals surface area contributed by atoms with Gasteiger partial charge in [0, 0.05) is 17.6 Å². The van der Waals surface area contributed by atoms with Crippen LogP contribution in [0.5, 0.6) is 0 Å². The summed E-state index contributed by atoms with van der Waals surface area (Å²) < 4.78 is 38.2. The molecule has 0 aromatic carbocycles.